The van der Waals surface area contributed by atoms with Crippen molar-refractivity contribution < 1.29 is 23.1 Å². The fourth-order valence-corrected chi connectivity index (χ4v) is 4.18. The molecule has 0 amide bonds. The van der Waals surface area contributed by atoms with E-state index in [1.165, 1.54) is 7.11 Å². The van der Waals surface area contributed by atoms with Crippen molar-refractivity contribution in [3.8, 4) is 0 Å². The summed E-state index contributed by atoms with van der Waals surface area (Å²) in [6.45, 7) is 3.75. The van der Waals surface area contributed by atoms with Crippen LogP contribution in [0.25, 0.3) is 0 Å². The minimum Gasteiger partial charge on any atom is -0.468 e. The second kappa shape index (κ2) is 7.93. The highest BCUT2D eigenvalue weighted by atomic mass is 79.9. The van der Waals surface area contributed by atoms with Crippen molar-refractivity contribution in [1.29, 1.82) is 0 Å². The molecule has 0 bridgehead atoms. The summed E-state index contributed by atoms with van der Waals surface area (Å²) in [7, 11) is -2.39. The highest BCUT2D eigenvalue weighted by molar-refractivity contribution is 9.10. The summed E-state index contributed by atoms with van der Waals surface area (Å²) in [4.78, 5) is 12.1. The van der Waals surface area contributed by atoms with Crippen LogP contribution in [0.5, 0.6) is 0 Å². The van der Waals surface area contributed by atoms with Crippen LogP contribution < -0.4 is 0 Å². The second-order valence-corrected chi connectivity index (χ2v) is 6.88. The number of hydrogen-bond donors (Lipinski definition) is 0. The van der Waals surface area contributed by atoms with E-state index in [0.29, 0.717) is 5.56 Å². The van der Waals surface area contributed by atoms with Gasteiger partial charge in [0.15, 0.2) is 5.66 Å². The van der Waals surface area contributed by atoms with Crippen LogP contribution in [0.2, 0.25) is 0 Å². The van der Waals surface area contributed by atoms with Gasteiger partial charge in [0.05, 0.1) is 20.3 Å². The number of benzene rings is 1. The zero-order valence-corrected chi connectivity index (χ0v) is 14.1. The molecule has 0 aliphatic rings. The van der Waals surface area contributed by atoms with E-state index in [0.717, 1.165) is 4.47 Å². The van der Waals surface area contributed by atoms with Crippen LogP contribution in [-0.2, 0) is 23.1 Å². The normalized spacial score (nSPS) is 13.0. The second-order valence-electron chi connectivity index (χ2n) is 3.86. The molecule has 5 nitrogen and oxygen atoms in total. The van der Waals surface area contributed by atoms with E-state index in [1.54, 1.807) is 32.0 Å². The number of methoxy groups -OCH3 is 1. The molecule has 20 heavy (non-hydrogen) atoms. The standard InChI is InChI=1S/C13H18BrO5P/c1-4-18-20(16,19-5-2)12(13(15)17-3)10-7-6-8-11(14)9-10/h6-9,12H,4-5H2,1-3H3/t12-/m0/s1. The smallest absolute Gasteiger partial charge is 0.349 e. The monoisotopic (exact) mass is 364 g/mol. The first-order valence-electron chi connectivity index (χ1n) is 6.20. The molecule has 0 aliphatic heterocycles. The number of carbonyl (C=O) groups excluding carboxylic acids is 1. The van der Waals surface area contributed by atoms with Gasteiger partial charge >= 0.3 is 13.6 Å². The van der Waals surface area contributed by atoms with Gasteiger partial charge in [-0.05, 0) is 31.5 Å². The molecule has 0 saturated carbocycles. The molecule has 1 rings (SSSR count). The van der Waals surface area contributed by atoms with Crippen LogP contribution in [0, 0.1) is 0 Å². The van der Waals surface area contributed by atoms with Crippen LogP contribution in [-0.4, -0.2) is 26.3 Å². The van der Waals surface area contributed by atoms with Crippen molar-refractivity contribution >= 4 is 29.5 Å². The predicted molar refractivity (Wildman–Crippen MR) is 79.8 cm³/mol. The summed E-state index contributed by atoms with van der Waals surface area (Å²) in [6.07, 6.45) is 0. The van der Waals surface area contributed by atoms with Gasteiger partial charge in [0.2, 0.25) is 0 Å². The van der Waals surface area contributed by atoms with E-state index in [9.17, 15) is 9.36 Å². The fraction of sp³-hybridized carbons (Fsp3) is 0.462. The van der Waals surface area contributed by atoms with Crippen molar-refractivity contribution in [2.45, 2.75) is 19.5 Å². The van der Waals surface area contributed by atoms with Gasteiger partial charge in [-0.15, -0.1) is 0 Å². The Bertz CT molecular complexity index is 495. The van der Waals surface area contributed by atoms with Crippen molar-refractivity contribution in [3.05, 3.63) is 34.3 Å². The highest BCUT2D eigenvalue weighted by Gasteiger charge is 2.43. The molecule has 112 valence electrons. The quantitative estimate of drug-likeness (QED) is 0.541. The summed E-state index contributed by atoms with van der Waals surface area (Å²) in [5, 5.41) is 0. The summed E-state index contributed by atoms with van der Waals surface area (Å²) < 4.78 is 28.9. The van der Waals surface area contributed by atoms with E-state index < -0.39 is 19.2 Å². The van der Waals surface area contributed by atoms with Crippen LogP contribution in [0.1, 0.15) is 25.1 Å². The number of hydrogen-bond acceptors (Lipinski definition) is 5. The van der Waals surface area contributed by atoms with Crippen LogP contribution in [0.4, 0.5) is 0 Å². The molecule has 0 radical (unpaired) electrons. The number of rotatable bonds is 7. The number of esters is 1. The van der Waals surface area contributed by atoms with Crippen molar-refractivity contribution in [1.82, 2.24) is 0 Å². The lowest BCUT2D eigenvalue weighted by Gasteiger charge is -2.24. The van der Waals surface area contributed by atoms with Crippen molar-refractivity contribution in [2.24, 2.45) is 0 Å². The average molecular weight is 365 g/mol. The molecule has 0 N–H and O–H groups in total. The molecular weight excluding hydrogens is 347 g/mol. The molecule has 0 unspecified atom stereocenters. The maximum absolute atomic E-state index is 12.9. The zero-order chi connectivity index (χ0) is 15.2. The topological polar surface area (TPSA) is 61.8 Å². The van der Waals surface area contributed by atoms with Crippen molar-refractivity contribution in [2.75, 3.05) is 20.3 Å². The molecule has 0 heterocycles. The average Bonchev–Trinajstić information content (AvgIpc) is 2.39. The summed E-state index contributed by atoms with van der Waals surface area (Å²) in [5.74, 6) is -0.645. The number of ether oxygens (including phenoxy) is 1. The molecule has 1 aromatic carbocycles. The van der Waals surface area contributed by atoms with Gasteiger partial charge in [-0.1, -0.05) is 28.1 Å². The SMILES string of the molecule is CCOP(=O)(OCC)[C@H](C(=O)OC)c1cccc(Br)c1. The van der Waals surface area contributed by atoms with Crippen LogP contribution in [0.3, 0.4) is 0 Å². The maximum atomic E-state index is 12.9. The molecular formula is C13H18BrO5P. The maximum Gasteiger partial charge on any atom is 0.349 e. The van der Waals surface area contributed by atoms with E-state index in [-0.39, 0.29) is 13.2 Å². The Morgan fingerprint density at radius 3 is 2.35 bits per heavy atom. The molecule has 0 saturated heterocycles. The molecule has 1 aromatic rings. The predicted octanol–water partition coefficient (Wildman–Crippen LogP) is 3.93. The van der Waals surface area contributed by atoms with Crippen molar-refractivity contribution in [3.63, 3.8) is 0 Å². The lowest BCUT2D eigenvalue weighted by atomic mass is 10.1. The fourth-order valence-electron chi connectivity index (χ4n) is 1.78. The van der Waals surface area contributed by atoms with Gasteiger partial charge in [-0.25, -0.2) is 0 Å². The van der Waals surface area contributed by atoms with Gasteiger partial charge in [-0.3, -0.25) is 9.36 Å². The first-order chi connectivity index (χ1) is 9.48. The third-order valence-electron chi connectivity index (χ3n) is 2.52. The first-order valence-corrected chi connectivity index (χ1v) is 8.61. The van der Waals surface area contributed by atoms with Gasteiger partial charge in [-0.2, -0.15) is 0 Å². The Morgan fingerprint density at radius 2 is 1.90 bits per heavy atom. The minimum absolute atomic E-state index is 0.179. The molecule has 7 heteroatoms. The molecule has 1 atom stereocenters. The van der Waals surface area contributed by atoms with E-state index >= 15 is 0 Å². The molecule has 0 spiro atoms. The van der Waals surface area contributed by atoms with E-state index in [1.807, 2.05) is 6.07 Å². The zero-order valence-electron chi connectivity index (χ0n) is 11.7. The Hall–Kier alpha value is -0.680. The third kappa shape index (κ3) is 4.16. The van der Waals surface area contributed by atoms with Crippen LogP contribution in [0.15, 0.2) is 28.7 Å². The summed E-state index contributed by atoms with van der Waals surface area (Å²) >= 11 is 3.32. The van der Waals surface area contributed by atoms with Gasteiger partial charge in [0, 0.05) is 4.47 Å². The number of carbonyl (C=O) groups is 1. The minimum atomic E-state index is -3.64. The largest absolute Gasteiger partial charge is 0.468 e. The van der Waals surface area contributed by atoms with Gasteiger partial charge in [0.1, 0.15) is 0 Å². The lowest BCUT2D eigenvalue weighted by molar-refractivity contribution is -0.140. The molecule has 0 fully saturated rings. The molecule has 0 aliphatic carbocycles. The van der Waals surface area contributed by atoms with Gasteiger partial charge < -0.3 is 13.8 Å². The van der Waals surface area contributed by atoms with Crippen LogP contribution >= 0.6 is 23.5 Å². The van der Waals surface area contributed by atoms with Gasteiger partial charge in [0.25, 0.3) is 0 Å². The third-order valence-corrected chi connectivity index (χ3v) is 5.39. The first kappa shape index (κ1) is 17.4. The Balaban J connectivity index is 3.30. The molecule has 0 aromatic heterocycles. The Labute approximate surface area is 127 Å². The summed E-state index contributed by atoms with van der Waals surface area (Å²) in [5.41, 5.74) is -0.568. The lowest BCUT2D eigenvalue weighted by Crippen LogP contribution is -2.17. The van der Waals surface area contributed by atoms with E-state index in [4.69, 9.17) is 13.8 Å². The van der Waals surface area contributed by atoms with E-state index in [2.05, 4.69) is 15.9 Å². The Kier molecular flexibility index (Phi) is 6.89. The Morgan fingerprint density at radius 1 is 1.30 bits per heavy atom. The highest BCUT2D eigenvalue weighted by Crippen LogP contribution is 2.61. The number of halogens is 1. The summed E-state index contributed by atoms with van der Waals surface area (Å²) in [6, 6.07) is 6.95.